The first kappa shape index (κ1) is 11.6. The van der Waals surface area contributed by atoms with Gasteiger partial charge in [0.05, 0.1) is 12.7 Å². The summed E-state index contributed by atoms with van der Waals surface area (Å²) < 4.78 is 1.75. The molecule has 0 aliphatic heterocycles. The molecule has 0 bridgehead atoms. The molecule has 0 aliphatic rings. The molecule has 0 aromatic carbocycles. The quantitative estimate of drug-likeness (QED) is 0.590. The Kier molecular flexibility index (Phi) is 5.39. The van der Waals surface area contributed by atoms with Crippen molar-refractivity contribution in [3.63, 3.8) is 0 Å². The fraction of sp³-hybridized carbons (Fsp3) is 0.667. The van der Waals surface area contributed by atoms with Gasteiger partial charge >= 0.3 is 0 Å². The van der Waals surface area contributed by atoms with E-state index in [1.807, 2.05) is 6.92 Å². The molecule has 0 radical (unpaired) electrons. The Morgan fingerprint density at radius 2 is 2.40 bits per heavy atom. The minimum absolute atomic E-state index is 0.0374. The van der Waals surface area contributed by atoms with Crippen LogP contribution in [0.15, 0.2) is 12.4 Å². The van der Waals surface area contributed by atoms with E-state index in [0.29, 0.717) is 13.1 Å². The van der Waals surface area contributed by atoms with Crippen molar-refractivity contribution in [1.82, 2.24) is 25.6 Å². The predicted octanol–water partition coefficient (Wildman–Crippen LogP) is -0.606. The molecular formula is C9H17N5O. The second-order valence-corrected chi connectivity index (χ2v) is 3.15. The van der Waals surface area contributed by atoms with Gasteiger partial charge in [-0.2, -0.15) is 0 Å². The van der Waals surface area contributed by atoms with Gasteiger partial charge in [0.25, 0.3) is 0 Å². The molecular weight excluding hydrogens is 194 g/mol. The number of likely N-dealkylation sites (N-methyl/N-ethyl adjacent to an activating group) is 1. The van der Waals surface area contributed by atoms with Crippen molar-refractivity contribution in [2.24, 2.45) is 0 Å². The molecule has 84 valence electrons. The highest BCUT2D eigenvalue weighted by Gasteiger charge is 1.98. The van der Waals surface area contributed by atoms with Crippen LogP contribution in [0.1, 0.15) is 13.3 Å². The Hall–Kier alpha value is -1.43. The molecule has 0 aliphatic carbocycles. The van der Waals surface area contributed by atoms with E-state index in [4.69, 9.17) is 0 Å². The second-order valence-electron chi connectivity index (χ2n) is 3.15. The maximum absolute atomic E-state index is 11.2. The average Bonchev–Trinajstić information content (AvgIpc) is 2.74. The van der Waals surface area contributed by atoms with Gasteiger partial charge < -0.3 is 10.6 Å². The van der Waals surface area contributed by atoms with E-state index in [9.17, 15) is 4.79 Å². The Bertz CT molecular complexity index is 272. The molecule has 1 aromatic heterocycles. The Balaban J connectivity index is 1.99. The Labute approximate surface area is 89.0 Å². The number of carbonyl (C=O) groups excluding carboxylic acids is 1. The number of nitrogens with zero attached hydrogens (tertiary/aromatic N) is 3. The molecule has 0 saturated carbocycles. The first-order valence-corrected chi connectivity index (χ1v) is 5.14. The summed E-state index contributed by atoms with van der Waals surface area (Å²) in [6.07, 6.45) is 4.31. The highest BCUT2D eigenvalue weighted by atomic mass is 16.1. The fourth-order valence-corrected chi connectivity index (χ4v) is 1.12. The molecule has 0 atom stereocenters. The molecule has 0 fully saturated rings. The second kappa shape index (κ2) is 6.94. The summed E-state index contributed by atoms with van der Waals surface area (Å²) in [6, 6.07) is 0. The lowest BCUT2D eigenvalue weighted by Gasteiger charge is -2.05. The molecule has 0 saturated heterocycles. The minimum Gasteiger partial charge on any atom is -0.355 e. The number of amides is 1. The molecule has 0 spiro atoms. The SMILES string of the molecule is CCNCC(=O)NCCCn1ccnn1. The van der Waals surface area contributed by atoms with Crippen molar-refractivity contribution < 1.29 is 4.79 Å². The first-order valence-electron chi connectivity index (χ1n) is 5.14. The van der Waals surface area contributed by atoms with Crippen LogP contribution >= 0.6 is 0 Å². The van der Waals surface area contributed by atoms with Gasteiger partial charge in [-0.1, -0.05) is 12.1 Å². The Morgan fingerprint density at radius 3 is 3.07 bits per heavy atom. The van der Waals surface area contributed by atoms with E-state index in [1.165, 1.54) is 0 Å². The van der Waals surface area contributed by atoms with Crippen LogP contribution in [-0.4, -0.2) is 40.5 Å². The average molecular weight is 211 g/mol. The molecule has 6 heteroatoms. The van der Waals surface area contributed by atoms with Gasteiger partial charge in [-0.15, -0.1) is 5.10 Å². The highest BCUT2D eigenvalue weighted by molar-refractivity contribution is 5.77. The molecule has 15 heavy (non-hydrogen) atoms. The number of hydrogen-bond acceptors (Lipinski definition) is 4. The Morgan fingerprint density at radius 1 is 1.53 bits per heavy atom. The van der Waals surface area contributed by atoms with Crippen molar-refractivity contribution in [3.05, 3.63) is 12.4 Å². The molecule has 1 heterocycles. The first-order chi connectivity index (χ1) is 7.33. The zero-order valence-electron chi connectivity index (χ0n) is 8.94. The lowest BCUT2D eigenvalue weighted by atomic mass is 10.4. The van der Waals surface area contributed by atoms with Crippen molar-refractivity contribution >= 4 is 5.91 Å². The number of carbonyl (C=O) groups is 1. The van der Waals surface area contributed by atoms with Gasteiger partial charge in [0.1, 0.15) is 0 Å². The summed E-state index contributed by atoms with van der Waals surface area (Å²) in [5, 5.41) is 13.3. The van der Waals surface area contributed by atoms with Crippen molar-refractivity contribution in [1.29, 1.82) is 0 Å². The van der Waals surface area contributed by atoms with Crippen LogP contribution in [0.5, 0.6) is 0 Å². The van der Waals surface area contributed by atoms with Gasteiger partial charge in [-0.25, -0.2) is 0 Å². The topological polar surface area (TPSA) is 71.8 Å². The lowest BCUT2D eigenvalue weighted by molar-refractivity contribution is -0.120. The minimum atomic E-state index is 0.0374. The summed E-state index contributed by atoms with van der Waals surface area (Å²) in [5.41, 5.74) is 0. The van der Waals surface area contributed by atoms with Crippen LogP contribution in [0.3, 0.4) is 0 Å². The summed E-state index contributed by atoms with van der Waals surface area (Å²) >= 11 is 0. The van der Waals surface area contributed by atoms with Gasteiger partial charge in [-0.3, -0.25) is 9.48 Å². The monoisotopic (exact) mass is 211 g/mol. The van der Waals surface area contributed by atoms with Gasteiger partial charge in [0, 0.05) is 19.3 Å². The van der Waals surface area contributed by atoms with Gasteiger partial charge in [0.15, 0.2) is 0 Å². The lowest BCUT2D eigenvalue weighted by Crippen LogP contribution is -2.34. The fourth-order valence-electron chi connectivity index (χ4n) is 1.12. The summed E-state index contributed by atoms with van der Waals surface area (Å²) in [7, 11) is 0. The third kappa shape index (κ3) is 5.11. The molecule has 0 unspecified atom stereocenters. The normalized spacial score (nSPS) is 10.2. The summed E-state index contributed by atoms with van der Waals surface area (Å²) in [5.74, 6) is 0.0374. The molecule has 1 amide bonds. The number of rotatable bonds is 7. The maximum atomic E-state index is 11.2. The number of aryl methyl sites for hydroxylation is 1. The van der Waals surface area contributed by atoms with Crippen LogP contribution in [0, 0.1) is 0 Å². The van der Waals surface area contributed by atoms with E-state index in [-0.39, 0.29) is 5.91 Å². The number of aromatic nitrogens is 3. The summed E-state index contributed by atoms with van der Waals surface area (Å²) in [4.78, 5) is 11.2. The predicted molar refractivity (Wildman–Crippen MR) is 56.2 cm³/mol. The molecule has 6 nitrogen and oxygen atoms in total. The van der Waals surface area contributed by atoms with Crippen LogP contribution in [0.2, 0.25) is 0 Å². The van der Waals surface area contributed by atoms with Crippen LogP contribution in [0.25, 0.3) is 0 Å². The van der Waals surface area contributed by atoms with E-state index >= 15 is 0 Å². The zero-order chi connectivity index (χ0) is 10.9. The van der Waals surface area contributed by atoms with Crippen LogP contribution < -0.4 is 10.6 Å². The third-order valence-electron chi connectivity index (χ3n) is 1.89. The van der Waals surface area contributed by atoms with Gasteiger partial charge in [-0.05, 0) is 13.0 Å². The zero-order valence-corrected chi connectivity index (χ0v) is 8.94. The molecule has 1 rings (SSSR count). The third-order valence-corrected chi connectivity index (χ3v) is 1.89. The number of hydrogen-bond donors (Lipinski definition) is 2. The summed E-state index contributed by atoms with van der Waals surface area (Å²) in [6.45, 7) is 4.62. The standard InChI is InChI=1S/C9H17N5O/c1-2-10-8-9(15)11-4-3-6-14-7-5-12-13-14/h5,7,10H,2-4,6,8H2,1H3,(H,11,15). The van der Waals surface area contributed by atoms with Crippen molar-refractivity contribution in [2.75, 3.05) is 19.6 Å². The maximum Gasteiger partial charge on any atom is 0.233 e. The van der Waals surface area contributed by atoms with Crippen LogP contribution in [-0.2, 0) is 11.3 Å². The van der Waals surface area contributed by atoms with E-state index in [1.54, 1.807) is 17.1 Å². The molecule has 2 N–H and O–H groups in total. The van der Waals surface area contributed by atoms with Crippen LogP contribution in [0.4, 0.5) is 0 Å². The largest absolute Gasteiger partial charge is 0.355 e. The van der Waals surface area contributed by atoms with Crippen molar-refractivity contribution in [2.45, 2.75) is 19.9 Å². The van der Waals surface area contributed by atoms with E-state index in [2.05, 4.69) is 20.9 Å². The smallest absolute Gasteiger partial charge is 0.233 e. The molecule has 1 aromatic rings. The highest BCUT2D eigenvalue weighted by Crippen LogP contribution is 1.85. The number of nitrogens with one attached hydrogen (secondary N) is 2. The van der Waals surface area contributed by atoms with Gasteiger partial charge in [0.2, 0.25) is 5.91 Å². The van der Waals surface area contributed by atoms with Crippen molar-refractivity contribution in [3.8, 4) is 0 Å². The van der Waals surface area contributed by atoms with E-state index in [0.717, 1.165) is 19.5 Å². The van der Waals surface area contributed by atoms with E-state index < -0.39 is 0 Å².